The van der Waals surface area contributed by atoms with Gasteiger partial charge in [-0.1, -0.05) is 46.1 Å². The van der Waals surface area contributed by atoms with Crippen molar-refractivity contribution in [2.24, 2.45) is 5.73 Å². The standard InChI is InChI=1S/C25H38N2O10/c1-5-8-13-32-23(29)27-17(4)21(37-22(26)28)18-11-12-19(35-24(30)33-14-9-6-2)20(16-18)36-25(31)34-15-10-7-3/h11-12,16-17,21H,5-10,13-15H2,1-4H3,(H2,26,28)(H,27,29)/t17-,21?/m0/s1. The maximum absolute atomic E-state index is 12.2. The summed E-state index contributed by atoms with van der Waals surface area (Å²) in [5.41, 5.74) is 5.52. The van der Waals surface area contributed by atoms with E-state index >= 15 is 0 Å². The molecule has 0 aliphatic heterocycles. The Labute approximate surface area is 217 Å². The fourth-order valence-corrected chi connectivity index (χ4v) is 2.90. The lowest BCUT2D eigenvalue weighted by molar-refractivity contribution is 0.0774. The molecule has 3 N–H and O–H groups in total. The summed E-state index contributed by atoms with van der Waals surface area (Å²) >= 11 is 0. The molecule has 0 saturated heterocycles. The van der Waals surface area contributed by atoms with E-state index in [1.54, 1.807) is 6.92 Å². The molecule has 37 heavy (non-hydrogen) atoms. The van der Waals surface area contributed by atoms with E-state index < -0.39 is 36.6 Å². The molecule has 1 aromatic rings. The molecule has 12 nitrogen and oxygen atoms in total. The number of nitrogens with two attached hydrogens (primary N) is 1. The molecule has 1 unspecified atom stereocenters. The molecule has 1 rings (SSSR count). The van der Waals surface area contributed by atoms with Crippen LogP contribution >= 0.6 is 0 Å². The Hall–Kier alpha value is -3.70. The Bertz CT molecular complexity index is 877. The molecule has 0 fully saturated rings. The summed E-state index contributed by atoms with van der Waals surface area (Å²) in [7, 11) is 0. The third kappa shape index (κ3) is 12.7. The Morgan fingerprint density at radius 3 is 1.84 bits per heavy atom. The van der Waals surface area contributed by atoms with Gasteiger partial charge in [0.05, 0.1) is 25.9 Å². The van der Waals surface area contributed by atoms with Crippen molar-refractivity contribution >= 4 is 24.5 Å². The predicted molar refractivity (Wildman–Crippen MR) is 132 cm³/mol. The lowest BCUT2D eigenvalue weighted by atomic mass is 10.0. The second-order valence-corrected chi connectivity index (χ2v) is 8.09. The van der Waals surface area contributed by atoms with Crippen molar-refractivity contribution in [2.45, 2.75) is 78.4 Å². The minimum absolute atomic E-state index is 0.130. The lowest BCUT2D eigenvalue weighted by Crippen LogP contribution is -2.39. The number of rotatable bonds is 15. The number of alkyl carbamates (subject to hydrolysis) is 1. The van der Waals surface area contributed by atoms with Gasteiger partial charge in [0.25, 0.3) is 0 Å². The molecule has 12 heteroatoms. The van der Waals surface area contributed by atoms with Crippen molar-refractivity contribution in [3.8, 4) is 11.5 Å². The molecule has 0 aliphatic carbocycles. The van der Waals surface area contributed by atoms with Crippen LogP contribution in [0.2, 0.25) is 0 Å². The average Bonchev–Trinajstić information content (AvgIpc) is 2.84. The molecular weight excluding hydrogens is 488 g/mol. The van der Waals surface area contributed by atoms with Crippen LogP contribution in [0.3, 0.4) is 0 Å². The fourth-order valence-electron chi connectivity index (χ4n) is 2.90. The first-order valence-corrected chi connectivity index (χ1v) is 12.4. The summed E-state index contributed by atoms with van der Waals surface area (Å²) in [5, 5.41) is 2.58. The van der Waals surface area contributed by atoms with E-state index in [1.807, 2.05) is 20.8 Å². The lowest BCUT2D eigenvalue weighted by Gasteiger charge is -2.25. The van der Waals surface area contributed by atoms with E-state index in [4.69, 9.17) is 34.2 Å². The Morgan fingerprint density at radius 1 is 0.811 bits per heavy atom. The highest BCUT2D eigenvalue weighted by atomic mass is 16.7. The van der Waals surface area contributed by atoms with Gasteiger partial charge < -0.3 is 39.5 Å². The number of primary amides is 1. The third-order valence-electron chi connectivity index (χ3n) is 4.89. The highest BCUT2D eigenvalue weighted by Crippen LogP contribution is 2.33. The van der Waals surface area contributed by atoms with Crippen LogP contribution in [0.5, 0.6) is 11.5 Å². The van der Waals surface area contributed by atoms with Gasteiger partial charge in [-0.25, -0.2) is 19.2 Å². The minimum Gasteiger partial charge on any atom is -0.450 e. The normalized spacial score (nSPS) is 12.0. The molecule has 0 aromatic heterocycles. The minimum atomic E-state index is -1.10. The van der Waals surface area contributed by atoms with E-state index in [9.17, 15) is 19.2 Å². The smallest absolute Gasteiger partial charge is 0.450 e. The topological polar surface area (TPSA) is 162 Å². The van der Waals surface area contributed by atoms with Crippen LogP contribution in [0.15, 0.2) is 18.2 Å². The van der Waals surface area contributed by atoms with Gasteiger partial charge in [0, 0.05) is 0 Å². The summed E-state index contributed by atoms with van der Waals surface area (Å²) in [6.45, 7) is 7.93. The van der Waals surface area contributed by atoms with Crippen LogP contribution in [-0.2, 0) is 18.9 Å². The second-order valence-electron chi connectivity index (χ2n) is 8.09. The number of nitrogens with one attached hydrogen (secondary N) is 1. The van der Waals surface area contributed by atoms with Crippen LogP contribution < -0.4 is 20.5 Å². The molecule has 0 saturated carbocycles. The molecule has 0 bridgehead atoms. The zero-order valence-corrected chi connectivity index (χ0v) is 21.9. The second kappa shape index (κ2) is 17.7. The number of hydrogen-bond donors (Lipinski definition) is 2. The Balaban J connectivity index is 3.17. The van der Waals surface area contributed by atoms with Crippen molar-refractivity contribution in [1.82, 2.24) is 5.32 Å². The van der Waals surface area contributed by atoms with Crippen molar-refractivity contribution in [2.75, 3.05) is 19.8 Å². The Kier molecular flexibility index (Phi) is 15.0. The van der Waals surface area contributed by atoms with Gasteiger partial charge in [-0.3, -0.25) is 0 Å². The van der Waals surface area contributed by atoms with E-state index in [2.05, 4.69) is 5.32 Å². The van der Waals surface area contributed by atoms with Gasteiger partial charge in [-0.2, -0.15) is 0 Å². The van der Waals surface area contributed by atoms with Gasteiger partial charge in [0.2, 0.25) is 0 Å². The molecular formula is C25H38N2O10. The maximum atomic E-state index is 12.2. The molecule has 0 heterocycles. The summed E-state index contributed by atoms with van der Waals surface area (Å²) in [4.78, 5) is 48.0. The summed E-state index contributed by atoms with van der Waals surface area (Å²) in [6, 6.07) is 3.30. The number of carbonyl (C=O) groups excluding carboxylic acids is 4. The molecule has 2 atom stereocenters. The highest BCUT2D eigenvalue weighted by Gasteiger charge is 2.27. The van der Waals surface area contributed by atoms with E-state index in [0.717, 1.165) is 19.3 Å². The number of amides is 2. The van der Waals surface area contributed by atoms with Crippen molar-refractivity contribution in [3.63, 3.8) is 0 Å². The van der Waals surface area contributed by atoms with Crippen LogP contribution in [0.1, 0.15) is 77.9 Å². The summed E-state index contributed by atoms with van der Waals surface area (Å²) in [6.07, 6.45) is -0.454. The molecule has 0 spiro atoms. The van der Waals surface area contributed by atoms with Crippen LogP contribution in [-0.4, -0.2) is 50.4 Å². The number of hydrogen-bond acceptors (Lipinski definition) is 10. The molecule has 208 valence electrons. The molecule has 0 aliphatic rings. The quantitative estimate of drug-likeness (QED) is 0.131. The zero-order chi connectivity index (χ0) is 27.6. The SMILES string of the molecule is CCCCOC(=O)N[C@@H](C)C(OC(N)=O)c1ccc(OC(=O)OCCCC)c(OC(=O)OCCCC)c1. The van der Waals surface area contributed by atoms with E-state index in [1.165, 1.54) is 18.2 Å². The van der Waals surface area contributed by atoms with Crippen molar-refractivity contribution < 1.29 is 47.6 Å². The average molecular weight is 527 g/mol. The van der Waals surface area contributed by atoms with Gasteiger partial charge in [0.15, 0.2) is 11.5 Å². The predicted octanol–water partition coefficient (Wildman–Crippen LogP) is 5.37. The van der Waals surface area contributed by atoms with E-state index in [-0.39, 0.29) is 36.9 Å². The van der Waals surface area contributed by atoms with Gasteiger partial charge >= 0.3 is 24.5 Å². The van der Waals surface area contributed by atoms with Gasteiger partial charge in [-0.15, -0.1) is 0 Å². The largest absolute Gasteiger partial charge is 0.513 e. The van der Waals surface area contributed by atoms with Gasteiger partial charge in [0.1, 0.15) is 6.10 Å². The first-order chi connectivity index (χ1) is 17.7. The molecule has 1 aromatic carbocycles. The van der Waals surface area contributed by atoms with Crippen molar-refractivity contribution in [3.05, 3.63) is 23.8 Å². The summed E-state index contributed by atoms with van der Waals surface area (Å²) < 4.78 is 30.8. The van der Waals surface area contributed by atoms with Crippen LogP contribution in [0.25, 0.3) is 0 Å². The van der Waals surface area contributed by atoms with Crippen LogP contribution in [0.4, 0.5) is 19.2 Å². The first-order valence-electron chi connectivity index (χ1n) is 12.4. The van der Waals surface area contributed by atoms with E-state index in [0.29, 0.717) is 19.3 Å². The number of benzene rings is 1. The summed E-state index contributed by atoms with van der Waals surface area (Å²) in [5.74, 6) is -0.322. The number of unbranched alkanes of at least 4 members (excludes halogenated alkanes) is 3. The Morgan fingerprint density at radius 2 is 1.32 bits per heavy atom. The van der Waals surface area contributed by atoms with Crippen LogP contribution in [0, 0.1) is 0 Å². The van der Waals surface area contributed by atoms with Gasteiger partial charge in [-0.05, 0) is 43.9 Å². The first kappa shape index (κ1) is 31.3. The monoisotopic (exact) mass is 526 g/mol. The third-order valence-corrected chi connectivity index (χ3v) is 4.89. The number of ether oxygens (including phenoxy) is 6. The maximum Gasteiger partial charge on any atom is 0.513 e. The highest BCUT2D eigenvalue weighted by molar-refractivity contribution is 5.70. The molecule has 2 amide bonds. The molecule has 0 radical (unpaired) electrons. The number of carbonyl (C=O) groups is 4. The fraction of sp³-hybridized carbons (Fsp3) is 0.600. The zero-order valence-electron chi connectivity index (χ0n) is 21.9. The van der Waals surface area contributed by atoms with Crippen molar-refractivity contribution in [1.29, 1.82) is 0 Å².